The lowest BCUT2D eigenvalue weighted by molar-refractivity contribution is 0.103. The molecule has 3 aromatic carbocycles. The number of nitrogens with two attached hydrogens (primary N) is 1. The summed E-state index contributed by atoms with van der Waals surface area (Å²) in [6.07, 6.45) is 0. The number of piperazine rings is 1. The molecular formula is C28H31N7O. The average molecular weight is 482 g/mol. The van der Waals surface area contributed by atoms with Gasteiger partial charge in [0.2, 0.25) is 11.9 Å². The lowest BCUT2D eigenvalue weighted by Gasteiger charge is -2.39. The Hall–Kier alpha value is -4.01. The monoisotopic (exact) mass is 481 g/mol. The third-order valence-corrected chi connectivity index (χ3v) is 6.42. The van der Waals surface area contributed by atoms with Gasteiger partial charge >= 0.3 is 0 Å². The molecule has 0 amide bonds. The van der Waals surface area contributed by atoms with Crippen LogP contribution >= 0.6 is 0 Å². The molecule has 8 nitrogen and oxygen atoms in total. The van der Waals surface area contributed by atoms with Gasteiger partial charge in [0.15, 0.2) is 0 Å². The van der Waals surface area contributed by atoms with Gasteiger partial charge in [0, 0.05) is 26.2 Å². The first-order valence-corrected chi connectivity index (χ1v) is 12.2. The highest BCUT2D eigenvalue weighted by atomic mass is 16.5. The van der Waals surface area contributed by atoms with Crippen molar-refractivity contribution in [2.75, 3.05) is 44.3 Å². The molecule has 0 bridgehead atoms. The molecule has 0 atom stereocenters. The molecule has 2 heterocycles. The van der Waals surface area contributed by atoms with Gasteiger partial charge in [-0.05, 0) is 23.3 Å². The zero-order chi connectivity index (χ0) is 24.7. The van der Waals surface area contributed by atoms with E-state index in [2.05, 4.69) is 90.7 Å². The van der Waals surface area contributed by atoms with Crippen molar-refractivity contribution in [3.63, 3.8) is 0 Å². The molecule has 36 heavy (non-hydrogen) atoms. The lowest BCUT2D eigenvalue weighted by Crippen LogP contribution is -2.47. The first-order chi connectivity index (χ1) is 17.7. The fraction of sp³-hybridized carbons (Fsp3) is 0.250. The van der Waals surface area contributed by atoms with Gasteiger partial charge in [0.05, 0.1) is 25.4 Å². The standard InChI is InChI=1S/C28H31N7O/c1-36-24-15-9-8-14-23(24)30-28-32-25(31-27(29)33-28)20-34-16-18-35(19-17-34)26(21-10-4-2-5-11-21)22-12-6-3-7-13-22/h2-15,26H,16-20H2,1H3,(H3,29,30,31,32,33). The summed E-state index contributed by atoms with van der Waals surface area (Å²) in [6.45, 7) is 4.33. The van der Waals surface area contributed by atoms with Gasteiger partial charge in [-0.25, -0.2) is 0 Å². The minimum Gasteiger partial charge on any atom is -0.495 e. The van der Waals surface area contributed by atoms with Crippen LogP contribution in [0.1, 0.15) is 23.0 Å². The van der Waals surface area contributed by atoms with Gasteiger partial charge in [-0.1, -0.05) is 72.8 Å². The maximum absolute atomic E-state index is 6.02. The fourth-order valence-corrected chi connectivity index (χ4v) is 4.70. The predicted molar refractivity (Wildman–Crippen MR) is 142 cm³/mol. The van der Waals surface area contributed by atoms with Gasteiger partial charge in [-0.2, -0.15) is 15.0 Å². The fourth-order valence-electron chi connectivity index (χ4n) is 4.70. The van der Waals surface area contributed by atoms with Crippen molar-refractivity contribution in [2.45, 2.75) is 12.6 Å². The zero-order valence-electron chi connectivity index (χ0n) is 20.4. The van der Waals surface area contributed by atoms with Crippen LogP contribution in [-0.4, -0.2) is 58.0 Å². The molecule has 1 aliphatic rings. The molecule has 0 radical (unpaired) electrons. The number of anilines is 3. The van der Waals surface area contributed by atoms with Crippen LogP contribution in [0, 0.1) is 0 Å². The highest BCUT2D eigenvalue weighted by Gasteiger charge is 2.26. The molecule has 1 aliphatic heterocycles. The van der Waals surface area contributed by atoms with Gasteiger partial charge in [0.25, 0.3) is 0 Å². The van der Waals surface area contributed by atoms with Gasteiger partial charge in [-0.15, -0.1) is 0 Å². The van der Waals surface area contributed by atoms with Crippen molar-refractivity contribution < 1.29 is 4.74 Å². The number of benzene rings is 3. The number of ether oxygens (including phenoxy) is 1. The summed E-state index contributed by atoms with van der Waals surface area (Å²) < 4.78 is 5.41. The highest BCUT2D eigenvalue weighted by molar-refractivity contribution is 5.62. The Labute approximate surface area is 211 Å². The molecule has 5 rings (SSSR count). The van der Waals surface area contributed by atoms with Crippen LogP contribution in [-0.2, 0) is 6.54 Å². The maximum Gasteiger partial charge on any atom is 0.232 e. The van der Waals surface area contributed by atoms with Crippen LogP contribution in [0.2, 0.25) is 0 Å². The Kier molecular flexibility index (Phi) is 7.35. The Morgan fingerprint density at radius 1 is 0.806 bits per heavy atom. The summed E-state index contributed by atoms with van der Waals surface area (Å²) in [4.78, 5) is 18.2. The van der Waals surface area contributed by atoms with Gasteiger partial charge < -0.3 is 15.8 Å². The molecule has 0 spiro atoms. The van der Waals surface area contributed by atoms with Gasteiger partial charge in [-0.3, -0.25) is 9.80 Å². The van der Waals surface area contributed by atoms with Crippen LogP contribution in [0.25, 0.3) is 0 Å². The quantitative estimate of drug-likeness (QED) is 0.388. The number of rotatable bonds is 8. The second-order valence-corrected chi connectivity index (χ2v) is 8.79. The van der Waals surface area contributed by atoms with E-state index in [1.165, 1.54) is 11.1 Å². The van der Waals surface area contributed by atoms with Crippen molar-refractivity contribution in [3.05, 3.63) is 102 Å². The minimum atomic E-state index is 0.198. The second-order valence-electron chi connectivity index (χ2n) is 8.79. The van der Waals surface area contributed by atoms with E-state index in [-0.39, 0.29) is 12.0 Å². The number of methoxy groups -OCH3 is 1. The van der Waals surface area contributed by atoms with Crippen molar-refractivity contribution >= 4 is 17.6 Å². The molecule has 1 saturated heterocycles. The number of para-hydroxylation sites is 2. The average Bonchev–Trinajstić information content (AvgIpc) is 2.91. The number of nitrogens with one attached hydrogen (secondary N) is 1. The molecule has 4 aromatic rings. The van der Waals surface area contributed by atoms with E-state index in [0.717, 1.165) is 31.9 Å². The number of aromatic nitrogens is 3. The van der Waals surface area contributed by atoms with E-state index in [9.17, 15) is 0 Å². The Morgan fingerprint density at radius 2 is 1.42 bits per heavy atom. The van der Waals surface area contributed by atoms with Crippen molar-refractivity contribution in [3.8, 4) is 5.75 Å². The number of nitrogen functional groups attached to an aromatic ring is 1. The summed E-state index contributed by atoms with van der Waals surface area (Å²) in [5.41, 5.74) is 9.42. The number of nitrogens with zero attached hydrogens (tertiary/aromatic N) is 5. The Balaban J connectivity index is 1.27. The van der Waals surface area contributed by atoms with E-state index in [4.69, 9.17) is 10.5 Å². The molecule has 8 heteroatoms. The molecule has 1 aromatic heterocycles. The number of hydrogen-bond acceptors (Lipinski definition) is 8. The van der Waals surface area contributed by atoms with Crippen LogP contribution in [0.3, 0.4) is 0 Å². The van der Waals surface area contributed by atoms with Crippen LogP contribution < -0.4 is 15.8 Å². The van der Waals surface area contributed by atoms with Gasteiger partial charge in [0.1, 0.15) is 11.6 Å². The van der Waals surface area contributed by atoms with E-state index < -0.39 is 0 Å². The third kappa shape index (κ3) is 5.62. The summed E-state index contributed by atoms with van der Waals surface area (Å²) in [7, 11) is 1.63. The lowest BCUT2D eigenvalue weighted by atomic mass is 9.96. The first-order valence-electron chi connectivity index (χ1n) is 12.2. The first kappa shape index (κ1) is 23.7. The molecule has 0 saturated carbocycles. The Bertz CT molecular complexity index is 1220. The van der Waals surface area contributed by atoms with Crippen LogP contribution in [0.5, 0.6) is 5.75 Å². The van der Waals surface area contributed by atoms with Crippen molar-refractivity contribution in [1.29, 1.82) is 0 Å². The normalized spacial score (nSPS) is 14.6. The SMILES string of the molecule is COc1ccccc1Nc1nc(N)nc(CN2CCN(C(c3ccccc3)c3ccccc3)CC2)n1. The predicted octanol–water partition coefficient (Wildman–Crippen LogP) is 4.11. The van der Waals surface area contributed by atoms with Crippen molar-refractivity contribution in [1.82, 2.24) is 24.8 Å². The topological polar surface area (TPSA) is 92.4 Å². The highest BCUT2D eigenvalue weighted by Crippen LogP contribution is 2.30. The van der Waals surface area contributed by atoms with E-state index in [0.29, 0.717) is 24.1 Å². The minimum absolute atomic E-state index is 0.198. The van der Waals surface area contributed by atoms with E-state index >= 15 is 0 Å². The van der Waals surface area contributed by atoms with Crippen LogP contribution in [0.4, 0.5) is 17.6 Å². The molecule has 3 N–H and O–H groups in total. The summed E-state index contributed by atoms with van der Waals surface area (Å²) >= 11 is 0. The third-order valence-electron chi connectivity index (χ3n) is 6.42. The molecule has 0 unspecified atom stereocenters. The summed E-state index contributed by atoms with van der Waals surface area (Å²) in [5.74, 6) is 1.97. The second kappa shape index (κ2) is 11.2. The molecule has 184 valence electrons. The van der Waals surface area contributed by atoms with E-state index in [1.807, 2.05) is 24.3 Å². The van der Waals surface area contributed by atoms with Crippen molar-refractivity contribution in [2.24, 2.45) is 0 Å². The summed E-state index contributed by atoms with van der Waals surface area (Å²) in [6, 6.07) is 29.3. The van der Waals surface area contributed by atoms with Crippen LogP contribution in [0.15, 0.2) is 84.9 Å². The molecule has 1 fully saturated rings. The molecular weight excluding hydrogens is 450 g/mol. The maximum atomic E-state index is 6.02. The smallest absolute Gasteiger partial charge is 0.232 e. The summed E-state index contributed by atoms with van der Waals surface area (Å²) in [5, 5.41) is 3.21. The number of hydrogen-bond donors (Lipinski definition) is 2. The largest absolute Gasteiger partial charge is 0.495 e. The Morgan fingerprint density at radius 3 is 2.06 bits per heavy atom. The molecule has 0 aliphatic carbocycles. The van der Waals surface area contributed by atoms with E-state index in [1.54, 1.807) is 7.11 Å². The zero-order valence-corrected chi connectivity index (χ0v) is 20.4.